The van der Waals surface area contributed by atoms with Gasteiger partial charge in [-0.3, -0.25) is 69.4 Å². The second-order valence-electron chi connectivity index (χ2n) is 21.3. The van der Waals surface area contributed by atoms with Crippen LogP contribution in [-0.4, -0.2) is 84.7 Å². The van der Waals surface area contributed by atoms with E-state index in [4.69, 9.17) is 0 Å². The summed E-state index contributed by atoms with van der Waals surface area (Å²) in [6.45, 7) is 5.51. The summed E-state index contributed by atoms with van der Waals surface area (Å²) < 4.78 is 0. The first-order chi connectivity index (χ1) is 45.9. The van der Waals surface area contributed by atoms with Crippen LogP contribution in [0.3, 0.4) is 0 Å². The minimum atomic E-state index is 0. The topological polar surface area (TPSA) is 213 Å². The largest absolute Gasteiger partial charge is 0.356 e. The number of amides is 2. The number of carbonyl (C=O) groups is 2. The quantitative estimate of drug-likeness (QED) is 0.0477. The zero-order valence-corrected chi connectivity index (χ0v) is 57.0. The van der Waals surface area contributed by atoms with E-state index in [1.54, 1.807) is 49.6 Å². The molecule has 18 heteroatoms. The van der Waals surface area contributed by atoms with E-state index < -0.39 is 0 Å². The molecule has 12 heterocycles. The van der Waals surface area contributed by atoms with Gasteiger partial charge in [0.25, 0.3) is 0 Å². The summed E-state index contributed by atoms with van der Waals surface area (Å²) in [5, 5.41) is 5.97. The Labute approximate surface area is 583 Å². The molecular formula is C77H78N14O2Ru2. The van der Waals surface area contributed by atoms with Gasteiger partial charge in [-0.25, -0.2) is 0 Å². The summed E-state index contributed by atoms with van der Waals surface area (Å²) in [7, 11) is 0. The number of pyridine rings is 12. The van der Waals surface area contributed by atoms with E-state index in [0.717, 1.165) is 125 Å². The maximum absolute atomic E-state index is 12.2. The molecular weight excluding hydrogens is 1360 g/mol. The molecule has 0 radical (unpaired) electrons. The number of carbonyl (C=O) groups excluding carboxylic acids is 2. The molecule has 12 rings (SSSR count). The van der Waals surface area contributed by atoms with Gasteiger partial charge in [-0.05, 0) is 226 Å². The average molecular weight is 1430 g/mol. The molecule has 16 nitrogen and oxygen atoms in total. The van der Waals surface area contributed by atoms with Gasteiger partial charge in [0.05, 0.1) is 68.3 Å². The van der Waals surface area contributed by atoms with Gasteiger partial charge in [-0.15, -0.1) is 0 Å². The molecule has 0 spiro atoms. The van der Waals surface area contributed by atoms with E-state index in [0.29, 0.717) is 32.4 Å². The average Bonchev–Trinajstić information content (AvgIpc) is 1.30. The second-order valence-corrected chi connectivity index (χ2v) is 21.3. The zero-order valence-electron chi connectivity index (χ0n) is 53.5. The van der Waals surface area contributed by atoms with E-state index in [-0.39, 0.29) is 50.8 Å². The summed E-state index contributed by atoms with van der Waals surface area (Å²) in [6.07, 6.45) is 30.5. The Morgan fingerprint density at radius 3 is 0.789 bits per heavy atom. The van der Waals surface area contributed by atoms with Crippen molar-refractivity contribution in [2.75, 3.05) is 13.1 Å². The molecule has 0 saturated heterocycles. The third-order valence-corrected chi connectivity index (χ3v) is 14.1. The summed E-state index contributed by atoms with van der Waals surface area (Å²) in [5.41, 5.74) is 15.8. The molecule has 0 bridgehead atoms. The van der Waals surface area contributed by atoms with Gasteiger partial charge in [-0.2, -0.15) is 0 Å². The van der Waals surface area contributed by atoms with E-state index >= 15 is 0 Å². The molecule has 2 amide bonds. The Bertz CT molecular complexity index is 3580. The van der Waals surface area contributed by atoms with Crippen LogP contribution < -0.4 is 10.6 Å². The van der Waals surface area contributed by atoms with Crippen LogP contribution in [0.1, 0.15) is 80.5 Å². The molecule has 2 N–H and O–H groups in total. The van der Waals surface area contributed by atoms with Gasteiger partial charge >= 0.3 is 0 Å². The van der Waals surface area contributed by atoms with Crippen LogP contribution in [-0.2, 0) is 67.8 Å². The number of nitrogens with one attached hydrogen (secondary N) is 2. The number of hydrogen-bond donors (Lipinski definition) is 2. The van der Waals surface area contributed by atoms with E-state index in [1.807, 2.05) is 202 Å². The van der Waals surface area contributed by atoms with Crippen LogP contribution in [0, 0.1) is 6.92 Å². The normalized spacial score (nSPS) is 10.0. The monoisotopic (exact) mass is 1430 g/mol. The Hall–Kier alpha value is -10.0. The van der Waals surface area contributed by atoms with E-state index in [2.05, 4.69) is 102 Å². The molecule has 0 unspecified atom stereocenters. The molecule has 0 saturated carbocycles. The molecule has 484 valence electrons. The van der Waals surface area contributed by atoms with E-state index in [1.165, 1.54) is 16.7 Å². The summed E-state index contributed by atoms with van der Waals surface area (Å²) in [6, 6.07) is 62.9. The van der Waals surface area contributed by atoms with Crippen molar-refractivity contribution in [3.8, 4) is 68.3 Å². The van der Waals surface area contributed by atoms with Crippen LogP contribution in [0.5, 0.6) is 0 Å². The van der Waals surface area contributed by atoms with Crippen molar-refractivity contribution in [2.24, 2.45) is 0 Å². The van der Waals surface area contributed by atoms with Crippen molar-refractivity contribution in [1.82, 2.24) is 70.4 Å². The van der Waals surface area contributed by atoms with Crippen LogP contribution in [0.2, 0.25) is 0 Å². The molecule has 0 atom stereocenters. The predicted octanol–water partition coefficient (Wildman–Crippen LogP) is 15.2. The Morgan fingerprint density at radius 2 is 0.537 bits per heavy atom. The smallest absolute Gasteiger partial charge is 0.220 e. The minimum Gasteiger partial charge on any atom is -0.356 e. The molecule has 0 aliphatic heterocycles. The van der Waals surface area contributed by atoms with Crippen molar-refractivity contribution >= 4 is 11.8 Å². The predicted molar refractivity (Wildman–Crippen MR) is 369 cm³/mol. The summed E-state index contributed by atoms with van der Waals surface area (Å²) in [5.74, 6) is 0.00754. The summed E-state index contributed by atoms with van der Waals surface area (Å²) >= 11 is 0. The Balaban J connectivity index is 0.000000227. The molecule has 0 aliphatic rings. The van der Waals surface area contributed by atoms with Gasteiger partial charge in [0.2, 0.25) is 11.8 Å². The number of unbranched alkanes of at least 4 members (excludes halogenated alkanes) is 2. The van der Waals surface area contributed by atoms with Crippen molar-refractivity contribution in [1.29, 1.82) is 0 Å². The fraction of sp³-hybridized carbons (Fsp3) is 0.195. The van der Waals surface area contributed by atoms with Crippen LogP contribution in [0.25, 0.3) is 68.3 Å². The number of hydrogen-bond acceptors (Lipinski definition) is 14. The number of nitrogens with zero attached hydrogens (tertiary/aromatic N) is 12. The number of rotatable bonds is 22. The van der Waals surface area contributed by atoms with Crippen LogP contribution >= 0.6 is 0 Å². The van der Waals surface area contributed by atoms with Gasteiger partial charge in [0.15, 0.2) is 0 Å². The summed E-state index contributed by atoms with van der Waals surface area (Å²) in [4.78, 5) is 75.8. The third-order valence-electron chi connectivity index (χ3n) is 14.1. The first-order valence-corrected chi connectivity index (χ1v) is 31.5. The molecule has 0 aliphatic carbocycles. The van der Waals surface area contributed by atoms with Gasteiger partial charge in [0, 0.05) is 139 Å². The van der Waals surface area contributed by atoms with Gasteiger partial charge < -0.3 is 10.6 Å². The van der Waals surface area contributed by atoms with E-state index in [9.17, 15) is 9.59 Å². The van der Waals surface area contributed by atoms with Gasteiger partial charge in [0.1, 0.15) is 0 Å². The number of aromatic nitrogens is 12. The van der Waals surface area contributed by atoms with Crippen molar-refractivity contribution in [3.63, 3.8) is 0 Å². The zero-order chi connectivity index (χ0) is 64.6. The maximum Gasteiger partial charge on any atom is 0.220 e. The fourth-order valence-electron chi connectivity index (χ4n) is 9.34. The van der Waals surface area contributed by atoms with Crippen LogP contribution in [0.15, 0.2) is 268 Å². The van der Waals surface area contributed by atoms with Crippen molar-refractivity contribution in [2.45, 2.75) is 84.5 Å². The van der Waals surface area contributed by atoms with Crippen LogP contribution in [0.4, 0.5) is 0 Å². The molecule has 0 aromatic carbocycles. The first kappa shape index (κ1) is 74.0. The molecule has 0 fully saturated rings. The number of aryl methyl sites for hydroxylation is 4. The third kappa shape index (κ3) is 27.6. The standard InChI is InChI=1S/C37H46N6O2.4C10H8N2.2Ru/c1-3-9-29-15-21-40-34(25-29)35-27-31(17-23-41-35)11-5-7-19-43-37(45)13-8-12-36(44)42-18-6-4-10-30-16-22-39-33(26-30)32-24-28(2)14-20-38-32;4*1-3-7-11-9(5-1)10-6-2-4-8-12-10;;/h14-17,20-27H,3-13,18-19H2,1-2H3,(H,42,44)(H,43,45);4*1-8H;;. The van der Waals surface area contributed by atoms with Gasteiger partial charge in [-0.1, -0.05) is 61.9 Å². The first-order valence-electron chi connectivity index (χ1n) is 31.5. The Morgan fingerprint density at radius 1 is 0.284 bits per heavy atom. The SMILES string of the molecule is CCCc1ccnc(-c2cc(CCCCNC(=O)CCCC(=O)NCCCCc3ccnc(-c4cc(C)ccn4)c3)ccn2)c1.[Ru].[Ru].c1ccc(-c2ccccn2)nc1.c1ccc(-c2ccccn2)nc1.c1ccc(-c2ccccn2)nc1.c1ccc(-c2ccccn2)nc1. The Kier molecular flexibility index (Phi) is 34.1. The fourth-order valence-corrected chi connectivity index (χ4v) is 9.34. The molecule has 12 aromatic heterocycles. The van der Waals surface area contributed by atoms with Crippen molar-refractivity contribution < 1.29 is 48.5 Å². The second kappa shape index (κ2) is 43.7. The van der Waals surface area contributed by atoms with Crippen molar-refractivity contribution in [3.05, 3.63) is 291 Å². The molecule has 12 aromatic rings. The molecule has 95 heavy (non-hydrogen) atoms. The maximum atomic E-state index is 12.2. The minimum absolute atomic E-state index is 0.